The number of hydrogen-bond acceptors (Lipinski definition) is 3. The third-order valence-electron chi connectivity index (χ3n) is 4.56. The monoisotopic (exact) mass is 246 g/mol. The summed E-state index contributed by atoms with van der Waals surface area (Å²) in [5, 5.41) is 3.47. The predicted molar refractivity (Wildman–Crippen MR) is 74.2 cm³/mol. The zero-order valence-electron chi connectivity index (χ0n) is 11.5. The second-order valence-electron chi connectivity index (χ2n) is 5.64. The number of nitrogens with one attached hydrogen (secondary N) is 1. The lowest BCUT2D eigenvalue weighted by atomic mass is 9.81. The lowest BCUT2D eigenvalue weighted by molar-refractivity contribution is -0.0515. The predicted octanol–water partition coefficient (Wildman–Crippen LogP) is 2.12. The number of hydrogen-bond donors (Lipinski definition) is 1. The molecule has 1 aromatic rings. The zero-order chi connectivity index (χ0) is 12.8. The van der Waals surface area contributed by atoms with E-state index >= 15 is 0 Å². The topological polar surface area (TPSA) is 24.5 Å². The lowest BCUT2D eigenvalue weighted by Crippen LogP contribution is -2.40. The molecule has 2 heterocycles. The van der Waals surface area contributed by atoms with Crippen molar-refractivity contribution in [2.75, 3.05) is 31.6 Å². The van der Waals surface area contributed by atoms with Gasteiger partial charge in [0.2, 0.25) is 0 Å². The number of anilines is 1. The Labute approximate surface area is 109 Å². The van der Waals surface area contributed by atoms with Crippen LogP contribution >= 0.6 is 0 Å². The van der Waals surface area contributed by atoms with Crippen LogP contribution in [0.5, 0.6) is 0 Å². The maximum absolute atomic E-state index is 6.16. The van der Waals surface area contributed by atoms with E-state index in [0.29, 0.717) is 5.92 Å². The van der Waals surface area contributed by atoms with Gasteiger partial charge in [-0.05, 0) is 25.5 Å². The number of nitrogens with zero attached hydrogens (tertiary/aromatic N) is 1. The van der Waals surface area contributed by atoms with Crippen molar-refractivity contribution in [1.29, 1.82) is 0 Å². The maximum atomic E-state index is 6.16. The van der Waals surface area contributed by atoms with Gasteiger partial charge in [-0.2, -0.15) is 0 Å². The van der Waals surface area contributed by atoms with Gasteiger partial charge < -0.3 is 15.0 Å². The van der Waals surface area contributed by atoms with E-state index < -0.39 is 0 Å². The molecule has 1 fully saturated rings. The normalized spacial score (nSPS) is 29.8. The average Bonchev–Trinajstić information content (AvgIpc) is 2.79. The third-order valence-corrected chi connectivity index (χ3v) is 4.56. The van der Waals surface area contributed by atoms with Crippen LogP contribution in [-0.2, 0) is 11.3 Å². The lowest BCUT2D eigenvalue weighted by Gasteiger charge is -2.38. The van der Waals surface area contributed by atoms with Crippen molar-refractivity contribution >= 4 is 5.69 Å². The molecular formula is C15H22N2O. The Kier molecular flexibility index (Phi) is 2.83. The Morgan fingerprint density at radius 2 is 2.33 bits per heavy atom. The van der Waals surface area contributed by atoms with Crippen LogP contribution in [0.15, 0.2) is 18.2 Å². The molecular weight excluding hydrogens is 224 g/mol. The van der Waals surface area contributed by atoms with Gasteiger partial charge >= 0.3 is 0 Å². The van der Waals surface area contributed by atoms with E-state index in [1.807, 2.05) is 0 Å². The van der Waals surface area contributed by atoms with Gasteiger partial charge in [0, 0.05) is 43.9 Å². The summed E-state index contributed by atoms with van der Waals surface area (Å²) in [5.74, 6) is 0.492. The Morgan fingerprint density at radius 1 is 1.50 bits per heavy atom. The smallest absolute Gasteiger partial charge is 0.0863 e. The summed E-state index contributed by atoms with van der Waals surface area (Å²) < 4.78 is 6.16. The van der Waals surface area contributed by atoms with Crippen LogP contribution in [0.2, 0.25) is 0 Å². The van der Waals surface area contributed by atoms with Gasteiger partial charge in [0.15, 0.2) is 0 Å². The molecule has 0 radical (unpaired) electrons. The fourth-order valence-corrected chi connectivity index (χ4v) is 3.24. The fourth-order valence-electron chi connectivity index (χ4n) is 3.24. The quantitative estimate of drug-likeness (QED) is 0.865. The SMILES string of the molecule is CCN(C)c1cccc2c1CO[C@]1(C)CNC[C@H]21. The van der Waals surface area contributed by atoms with E-state index in [2.05, 4.69) is 49.3 Å². The second kappa shape index (κ2) is 4.25. The Bertz CT molecular complexity index is 460. The molecule has 0 spiro atoms. The minimum Gasteiger partial charge on any atom is -0.375 e. The molecule has 3 heteroatoms. The van der Waals surface area contributed by atoms with E-state index in [-0.39, 0.29) is 5.60 Å². The largest absolute Gasteiger partial charge is 0.375 e. The van der Waals surface area contributed by atoms with E-state index in [0.717, 1.165) is 26.2 Å². The Hall–Kier alpha value is -1.06. The van der Waals surface area contributed by atoms with Crippen molar-refractivity contribution in [3.8, 4) is 0 Å². The minimum atomic E-state index is -0.0175. The molecule has 0 saturated carbocycles. The molecule has 0 bridgehead atoms. The third kappa shape index (κ3) is 1.65. The highest BCUT2D eigenvalue weighted by Gasteiger charge is 2.44. The van der Waals surface area contributed by atoms with Gasteiger partial charge in [0.25, 0.3) is 0 Å². The van der Waals surface area contributed by atoms with E-state index in [9.17, 15) is 0 Å². The molecule has 0 aromatic heterocycles. The highest BCUT2D eigenvalue weighted by atomic mass is 16.5. The van der Waals surface area contributed by atoms with Crippen molar-refractivity contribution in [2.45, 2.75) is 32.0 Å². The van der Waals surface area contributed by atoms with Crippen molar-refractivity contribution in [1.82, 2.24) is 5.32 Å². The molecule has 3 nitrogen and oxygen atoms in total. The van der Waals surface area contributed by atoms with E-state index in [1.54, 1.807) is 0 Å². The van der Waals surface area contributed by atoms with Crippen LogP contribution in [0, 0.1) is 0 Å². The highest BCUT2D eigenvalue weighted by molar-refractivity contribution is 5.58. The van der Waals surface area contributed by atoms with Crippen LogP contribution < -0.4 is 10.2 Å². The number of ether oxygens (including phenoxy) is 1. The Morgan fingerprint density at radius 3 is 3.11 bits per heavy atom. The number of rotatable bonds is 2. The number of benzene rings is 1. The Balaban J connectivity index is 2.06. The zero-order valence-corrected chi connectivity index (χ0v) is 11.5. The molecule has 1 saturated heterocycles. The summed E-state index contributed by atoms with van der Waals surface area (Å²) in [4.78, 5) is 2.30. The van der Waals surface area contributed by atoms with E-state index in [4.69, 9.17) is 4.74 Å². The molecule has 1 N–H and O–H groups in total. The summed E-state index contributed by atoms with van der Waals surface area (Å²) in [6.45, 7) is 8.18. The van der Waals surface area contributed by atoms with Crippen molar-refractivity contribution < 1.29 is 4.74 Å². The molecule has 2 aliphatic rings. The molecule has 2 atom stereocenters. The molecule has 2 aliphatic heterocycles. The standard InChI is InChI=1S/C15H22N2O/c1-4-17(3)14-7-5-6-11-12(14)9-18-15(2)10-16-8-13(11)15/h5-7,13,16H,4,8-10H2,1-3H3/t13-,15-/m1/s1. The van der Waals surface area contributed by atoms with Crippen molar-refractivity contribution in [3.05, 3.63) is 29.3 Å². The summed E-state index contributed by atoms with van der Waals surface area (Å²) in [6, 6.07) is 6.67. The summed E-state index contributed by atoms with van der Waals surface area (Å²) >= 11 is 0. The van der Waals surface area contributed by atoms with Crippen LogP contribution in [0.4, 0.5) is 5.69 Å². The molecule has 1 aromatic carbocycles. The van der Waals surface area contributed by atoms with Gasteiger partial charge in [-0.1, -0.05) is 12.1 Å². The first-order valence-electron chi connectivity index (χ1n) is 6.83. The molecule has 3 rings (SSSR count). The maximum Gasteiger partial charge on any atom is 0.0863 e. The minimum absolute atomic E-state index is 0.0175. The van der Waals surface area contributed by atoms with Crippen LogP contribution in [0.3, 0.4) is 0 Å². The van der Waals surface area contributed by atoms with Crippen molar-refractivity contribution in [3.63, 3.8) is 0 Å². The van der Waals surface area contributed by atoms with Gasteiger partial charge in [0.05, 0.1) is 12.2 Å². The summed E-state index contributed by atoms with van der Waals surface area (Å²) in [6.07, 6.45) is 0. The second-order valence-corrected chi connectivity index (χ2v) is 5.64. The first kappa shape index (κ1) is 12.0. The van der Waals surface area contributed by atoms with Crippen LogP contribution in [0.1, 0.15) is 30.9 Å². The fraction of sp³-hybridized carbons (Fsp3) is 0.600. The summed E-state index contributed by atoms with van der Waals surface area (Å²) in [7, 11) is 2.15. The molecule has 18 heavy (non-hydrogen) atoms. The molecule has 98 valence electrons. The average molecular weight is 246 g/mol. The number of fused-ring (bicyclic) bond motifs is 3. The van der Waals surface area contributed by atoms with Gasteiger partial charge in [-0.25, -0.2) is 0 Å². The molecule has 0 amide bonds. The van der Waals surface area contributed by atoms with Crippen LogP contribution in [-0.4, -0.2) is 32.3 Å². The highest BCUT2D eigenvalue weighted by Crippen LogP contribution is 2.43. The summed E-state index contributed by atoms with van der Waals surface area (Å²) in [5.41, 5.74) is 4.17. The first-order valence-corrected chi connectivity index (χ1v) is 6.83. The van der Waals surface area contributed by atoms with Crippen LogP contribution in [0.25, 0.3) is 0 Å². The van der Waals surface area contributed by atoms with Gasteiger partial charge in [-0.3, -0.25) is 0 Å². The van der Waals surface area contributed by atoms with E-state index in [1.165, 1.54) is 16.8 Å². The molecule has 0 unspecified atom stereocenters. The van der Waals surface area contributed by atoms with Gasteiger partial charge in [0.1, 0.15) is 0 Å². The molecule has 0 aliphatic carbocycles. The first-order chi connectivity index (χ1) is 8.65. The van der Waals surface area contributed by atoms with Gasteiger partial charge in [-0.15, -0.1) is 0 Å². The van der Waals surface area contributed by atoms with Crippen molar-refractivity contribution in [2.24, 2.45) is 0 Å².